The van der Waals surface area contributed by atoms with E-state index < -0.39 is 23.8 Å². The number of nitrogens with one attached hydrogen (secondary N) is 1. The van der Waals surface area contributed by atoms with E-state index in [4.69, 9.17) is 9.52 Å². The van der Waals surface area contributed by atoms with Crippen LogP contribution < -0.4 is 5.32 Å². The lowest BCUT2D eigenvalue weighted by molar-refractivity contribution is -0.148. The Hall–Kier alpha value is -1.83. The van der Waals surface area contributed by atoms with Crippen molar-refractivity contribution in [1.82, 2.24) is 10.2 Å². The maximum Gasteiger partial charge on any atom is 0.326 e. The van der Waals surface area contributed by atoms with Gasteiger partial charge in [-0.15, -0.1) is 0 Å². The van der Waals surface area contributed by atoms with Gasteiger partial charge in [-0.25, -0.2) is 4.79 Å². The van der Waals surface area contributed by atoms with Crippen molar-refractivity contribution in [3.05, 3.63) is 22.6 Å². The van der Waals surface area contributed by atoms with E-state index in [2.05, 4.69) is 21.2 Å². The number of nitrogens with zero attached hydrogens (tertiary/aromatic N) is 1. The monoisotopic (exact) mass is 346 g/mol. The van der Waals surface area contributed by atoms with Gasteiger partial charge in [-0.3, -0.25) is 9.59 Å². The van der Waals surface area contributed by atoms with Crippen molar-refractivity contribution in [2.45, 2.75) is 19.4 Å². The molecule has 2 amide bonds. The van der Waals surface area contributed by atoms with Gasteiger partial charge in [0.2, 0.25) is 5.91 Å². The molecular weight excluding hydrogens is 332 g/mol. The third-order valence-electron chi connectivity index (χ3n) is 2.73. The third kappa shape index (κ3) is 4.09. The van der Waals surface area contributed by atoms with E-state index in [1.165, 1.54) is 13.1 Å². The summed E-state index contributed by atoms with van der Waals surface area (Å²) < 4.78 is 5.44. The molecule has 0 aliphatic rings. The molecule has 0 saturated carbocycles. The number of rotatable bonds is 6. The highest BCUT2D eigenvalue weighted by Crippen LogP contribution is 2.13. The number of halogens is 1. The average Bonchev–Trinajstić information content (AvgIpc) is 2.82. The van der Waals surface area contributed by atoms with Gasteiger partial charge >= 0.3 is 5.97 Å². The van der Waals surface area contributed by atoms with Gasteiger partial charge in [-0.05, 0) is 34.5 Å². The summed E-state index contributed by atoms with van der Waals surface area (Å²) in [4.78, 5) is 35.5. The summed E-state index contributed by atoms with van der Waals surface area (Å²) >= 11 is 3.06. The molecule has 0 fully saturated rings. The van der Waals surface area contributed by atoms with Crippen LogP contribution in [0.4, 0.5) is 0 Å². The van der Waals surface area contributed by atoms with E-state index in [1.54, 1.807) is 13.0 Å². The summed E-state index contributed by atoms with van der Waals surface area (Å²) in [5.74, 6) is -2.04. The molecule has 0 bridgehead atoms. The van der Waals surface area contributed by atoms with Gasteiger partial charge in [0.25, 0.3) is 5.91 Å². The molecule has 0 spiro atoms. The van der Waals surface area contributed by atoms with Gasteiger partial charge in [0.15, 0.2) is 10.4 Å². The van der Waals surface area contributed by atoms with Gasteiger partial charge in [0.05, 0.1) is 6.54 Å². The number of likely N-dealkylation sites (N-methyl/N-ethyl adjacent to an activating group) is 1. The Morgan fingerprint density at radius 2 is 2.10 bits per heavy atom. The average molecular weight is 347 g/mol. The standard InChI is InChI=1S/C12H15BrN2O5/c1-3-7(12(18)19)15(2)10(16)6-14-11(17)8-4-5-9(13)20-8/h4-5,7H,3,6H2,1-2H3,(H,14,17)(H,18,19). The minimum Gasteiger partial charge on any atom is -0.480 e. The Kier molecular flexibility index (Phi) is 5.75. The van der Waals surface area contributed by atoms with Gasteiger partial charge in [-0.1, -0.05) is 6.92 Å². The van der Waals surface area contributed by atoms with Gasteiger partial charge in [0, 0.05) is 7.05 Å². The summed E-state index contributed by atoms with van der Waals surface area (Å²) in [6, 6.07) is 2.11. The number of hydrogen-bond acceptors (Lipinski definition) is 4. The summed E-state index contributed by atoms with van der Waals surface area (Å²) in [5, 5.41) is 11.3. The lowest BCUT2D eigenvalue weighted by Gasteiger charge is -2.23. The molecule has 0 saturated heterocycles. The second-order valence-corrected chi connectivity index (χ2v) is 4.83. The lowest BCUT2D eigenvalue weighted by Crippen LogP contribution is -2.46. The molecule has 0 aromatic carbocycles. The molecule has 1 aromatic rings. The van der Waals surface area contributed by atoms with Crippen molar-refractivity contribution < 1.29 is 23.9 Å². The zero-order valence-corrected chi connectivity index (χ0v) is 12.6. The Balaban J connectivity index is 2.54. The van der Waals surface area contributed by atoms with Gasteiger partial charge in [-0.2, -0.15) is 0 Å². The maximum atomic E-state index is 11.8. The van der Waals surface area contributed by atoms with Crippen molar-refractivity contribution in [3.63, 3.8) is 0 Å². The van der Waals surface area contributed by atoms with Crippen LogP contribution in [0.2, 0.25) is 0 Å². The SMILES string of the molecule is CCC(C(=O)O)N(C)C(=O)CNC(=O)c1ccc(Br)o1. The molecule has 0 aliphatic heterocycles. The van der Waals surface area contributed by atoms with Gasteiger partial charge < -0.3 is 19.7 Å². The number of amides is 2. The quantitative estimate of drug-likeness (QED) is 0.803. The minimum absolute atomic E-state index is 0.0672. The van der Waals surface area contributed by atoms with E-state index in [9.17, 15) is 14.4 Å². The minimum atomic E-state index is -1.08. The van der Waals surface area contributed by atoms with Crippen molar-refractivity contribution in [3.8, 4) is 0 Å². The molecule has 1 heterocycles. The predicted octanol–water partition coefficient (Wildman–Crippen LogP) is 1.09. The number of hydrogen-bond donors (Lipinski definition) is 2. The topological polar surface area (TPSA) is 99.9 Å². The fourth-order valence-electron chi connectivity index (χ4n) is 1.59. The van der Waals surface area contributed by atoms with Crippen LogP contribution in [-0.2, 0) is 9.59 Å². The van der Waals surface area contributed by atoms with Crippen LogP contribution >= 0.6 is 15.9 Å². The Bertz CT molecular complexity index is 514. The highest BCUT2D eigenvalue weighted by atomic mass is 79.9. The van der Waals surface area contributed by atoms with Crippen molar-refractivity contribution in [2.24, 2.45) is 0 Å². The summed E-state index contributed by atoms with van der Waals surface area (Å²) in [5.41, 5.74) is 0. The summed E-state index contributed by atoms with van der Waals surface area (Å²) in [6.45, 7) is 1.37. The molecule has 1 aromatic heterocycles. The van der Waals surface area contributed by atoms with Crippen molar-refractivity contribution >= 4 is 33.7 Å². The van der Waals surface area contributed by atoms with E-state index in [1.807, 2.05) is 0 Å². The van der Waals surface area contributed by atoms with Crippen LogP contribution in [0.1, 0.15) is 23.9 Å². The lowest BCUT2D eigenvalue weighted by atomic mass is 10.2. The zero-order valence-electron chi connectivity index (χ0n) is 11.1. The van der Waals surface area contributed by atoms with E-state index in [-0.39, 0.29) is 18.7 Å². The molecule has 7 nitrogen and oxygen atoms in total. The fraction of sp³-hybridized carbons (Fsp3) is 0.417. The number of aliphatic carboxylic acids is 1. The Morgan fingerprint density at radius 3 is 2.55 bits per heavy atom. The number of furan rings is 1. The van der Waals surface area contributed by atoms with Crippen molar-refractivity contribution in [1.29, 1.82) is 0 Å². The molecule has 2 N–H and O–H groups in total. The molecule has 8 heteroatoms. The first kappa shape index (κ1) is 16.2. The van der Waals surface area contributed by atoms with Crippen LogP contribution in [0.15, 0.2) is 21.2 Å². The molecule has 0 aliphatic carbocycles. The fourth-order valence-corrected chi connectivity index (χ4v) is 1.90. The number of carboxylic acid groups (broad SMARTS) is 1. The van der Waals surface area contributed by atoms with E-state index >= 15 is 0 Å². The smallest absolute Gasteiger partial charge is 0.326 e. The molecule has 20 heavy (non-hydrogen) atoms. The largest absolute Gasteiger partial charge is 0.480 e. The highest BCUT2D eigenvalue weighted by Gasteiger charge is 2.25. The first-order valence-corrected chi connectivity index (χ1v) is 6.68. The van der Waals surface area contributed by atoms with Gasteiger partial charge in [0.1, 0.15) is 6.04 Å². The number of carbonyl (C=O) groups excluding carboxylic acids is 2. The van der Waals surface area contributed by atoms with Crippen LogP contribution in [0.3, 0.4) is 0 Å². The van der Waals surface area contributed by atoms with Crippen LogP contribution in [0.5, 0.6) is 0 Å². The highest BCUT2D eigenvalue weighted by molar-refractivity contribution is 9.10. The normalized spacial score (nSPS) is 11.8. The first-order chi connectivity index (χ1) is 9.36. The number of carbonyl (C=O) groups is 3. The number of carboxylic acids is 1. The molecule has 110 valence electrons. The predicted molar refractivity (Wildman–Crippen MR) is 73.2 cm³/mol. The van der Waals surface area contributed by atoms with Crippen LogP contribution in [0.25, 0.3) is 0 Å². The molecule has 1 atom stereocenters. The molecular formula is C12H15BrN2O5. The zero-order chi connectivity index (χ0) is 15.3. The third-order valence-corrected chi connectivity index (χ3v) is 3.16. The Morgan fingerprint density at radius 1 is 1.45 bits per heavy atom. The molecule has 1 unspecified atom stereocenters. The van der Waals surface area contributed by atoms with E-state index in [0.29, 0.717) is 4.67 Å². The summed E-state index contributed by atoms with van der Waals surface area (Å²) in [6.07, 6.45) is 0.288. The Labute approximate surface area is 124 Å². The molecule has 0 radical (unpaired) electrons. The van der Waals surface area contributed by atoms with Crippen LogP contribution in [-0.4, -0.2) is 47.4 Å². The summed E-state index contributed by atoms with van der Waals surface area (Å²) in [7, 11) is 1.39. The second kappa shape index (κ2) is 7.09. The van der Waals surface area contributed by atoms with Crippen molar-refractivity contribution in [2.75, 3.05) is 13.6 Å². The van der Waals surface area contributed by atoms with E-state index in [0.717, 1.165) is 4.90 Å². The molecule has 1 rings (SSSR count). The first-order valence-electron chi connectivity index (χ1n) is 5.88. The second-order valence-electron chi connectivity index (χ2n) is 4.05. The van der Waals surface area contributed by atoms with Crippen LogP contribution in [0, 0.1) is 0 Å². The maximum absolute atomic E-state index is 11.8.